The molecule has 3 rings (SSSR count). The van der Waals surface area contributed by atoms with Crippen LogP contribution in [-0.2, 0) is 21.2 Å². The standard InChI is InChI=1S/C25H29N3O5S.2H2/c1-16-14-17(2)23(18(3)15-16)33-25-21(12-11-20(27-25)9-7-13-32-5)24(29)28-34(30,31)22-10-6-8-19(4)26-22;;/h6,8,10-12,14-15H,7,9,13H2,1-5H3,(H,28,29);2*1H. The maximum absolute atomic E-state index is 13.1. The van der Waals surface area contributed by atoms with E-state index in [0.29, 0.717) is 30.2 Å². The van der Waals surface area contributed by atoms with E-state index in [-0.39, 0.29) is 19.3 Å². The number of benzene rings is 1. The number of pyridine rings is 2. The van der Waals surface area contributed by atoms with Crippen molar-refractivity contribution in [1.29, 1.82) is 0 Å². The minimum Gasteiger partial charge on any atom is -0.438 e. The van der Waals surface area contributed by atoms with E-state index in [9.17, 15) is 13.2 Å². The van der Waals surface area contributed by atoms with Gasteiger partial charge in [-0.15, -0.1) is 0 Å². The summed E-state index contributed by atoms with van der Waals surface area (Å²) in [5, 5.41) is -0.238. The molecule has 184 valence electrons. The first kappa shape index (κ1) is 25.3. The fourth-order valence-corrected chi connectivity index (χ4v) is 4.57. The highest BCUT2D eigenvalue weighted by Crippen LogP contribution is 2.31. The van der Waals surface area contributed by atoms with Crippen molar-refractivity contribution in [3.05, 3.63) is 76.1 Å². The van der Waals surface area contributed by atoms with Crippen LogP contribution in [0.4, 0.5) is 0 Å². The highest BCUT2D eigenvalue weighted by molar-refractivity contribution is 7.90. The molecule has 0 aliphatic carbocycles. The summed E-state index contributed by atoms with van der Waals surface area (Å²) < 4.78 is 38.8. The Morgan fingerprint density at radius 2 is 1.74 bits per heavy atom. The zero-order chi connectivity index (χ0) is 24.9. The van der Waals surface area contributed by atoms with Crippen LogP contribution in [0.1, 0.15) is 47.7 Å². The number of methoxy groups -OCH3 is 1. The Hall–Kier alpha value is -3.30. The van der Waals surface area contributed by atoms with E-state index in [1.54, 1.807) is 32.2 Å². The molecule has 34 heavy (non-hydrogen) atoms. The number of carbonyl (C=O) groups excluding carboxylic acids is 1. The second kappa shape index (κ2) is 10.8. The van der Waals surface area contributed by atoms with E-state index >= 15 is 0 Å². The number of amides is 1. The first-order chi connectivity index (χ1) is 16.1. The van der Waals surface area contributed by atoms with Crippen LogP contribution in [0, 0.1) is 27.7 Å². The number of hydrogen-bond donors (Lipinski definition) is 1. The summed E-state index contributed by atoms with van der Waals surface area (Å²) in [6.07, 6.45) is 1.36. The summed E-state index contributed by atoms with van der Waals surface area (Å²) in [5.74, 6) is -0.240. The minimum atomic E-state index is -4.18. The SMILES string of the molecule is COCCCc1ccc(C(=O)NS(=O)(=O)c2cccc(C)n2)c(Oc2c(C)cc(C)cc2C)n1.[HH].[HH]. The number of ether oxygens (including phenoxy) is 2. The first-order valence-corrected chi connectivity index (χ1v) is 12.3. The monoisotopic (exact) mass is 487 g/mol. The number of carbonyl (C=O) groups is 1. The molecule has 0 aliphatic heterocycles. The Balaban J connectivity index is 0.00000324. The van der Waals surface area contributed by atoms with Crippen LogP contribution < -0.4 is 9.46 Å². The van der Waals surface area contributed by atoms with E-state index < -0.39 is 15.9 Å². The number of sulfonamides is 1. The van der Waals surface area contributed by atoms with E-state index in [1.807, 2.05) is 32.9 Å². The van der Waals surface area contributed by atoms with Crippen molar-refractivity contribution in [3.63, 3.8) is 0 Å². The lowest BCUT2D eigenvalue weighted by molar-refractivity contribution is 0.0978. The van der Waals surface area contributed by atoms with Gasteiger partial charge < -0.3 is 9.47 Å². The molecule has 1 amide bonds. The normalized spacial score (nSPS) is 11.3. The molecular formula is C25H33N3O5S. The molecule has 0 unspecified atom stereocenters. The zero-order valence-electron chi connectivity index (χ0n) is 20.0. The average molecular weight is 488 g/mol. The fraction of sp³-hybridized carbons (Fsp3) is 0.320. The van der Waals surface area contributed by atoms with E-state index in [1.165, 1.54) is 12.1 Å². The Morgan fingerprint density at radius 3 is 2.38 bits per heavy atom. The third-order valence-corrected chi connectivity index (χ3v) is 6.34. The zero-order valence-corrected chi connectivity index (χ0v) is 20.8. The summed E-state index contributed by atoms with van der Waals surface area (Å²) in [5.41, 5.74) is 4.07. The lowest BCUT2D eigenvalue weighted by atomic mass is 10.1. The van der Waals surface area contributed by atoms with E-state index in [2.05, 4.69) is 14.7 Å². The Bertz CT molecular complexity index is 1290. The van der Waals surface area contributed by atoms with Gasteiger partial charge in [-0.1, -0.05) is 23.8 Å². The average Bonchev–Trinajstić information content (AvgIpc) is 2.76. The van der Waals surface area contributed by atoms with Gasteiger partial charge in [-0.05, 0) is 75.9 Å². The molecule has 0 aliphatic rings. The van der Waals surface area contributed by atoms with Gasteiger partial charge in [-0.2, -0.15) is 8.42 Å². The molecule has 2 aromatic heterocycles. The fourth-order valence-electron chi connectivity index (χ4n) is 3.59. The van der Waals surface area contributed by atoms with Gasteiger partial charge in [0.1, 0.15) is 11.3 Å². The van der Waals surface area contributed by atoms with E-state index in [0.717, 1.165) is 23.1 Å². The molecule has 0 saturated heterocycles. The van der Waals surface area contributed by atoms with Crippen molar-refractivity contribution < 1.29 is 25.5 Å². The minimum absolute atomic E-state index is 0. The largest absolute Gasteiger partial charge is 0.438 e. The van der Waals surface area contributed by atoms with Gasteiger partial charge in [0, 0.05) is 28.0 Å². The number of nitrogens with zero attached hydrogens (tertiary/aromatic N) is 2. The lowest BCUT2D eigenvalue weighted by Gasteiger charge is -2.16. The molecule has 0 fully saturated rings. The number of nitrogens with one attached hydrogen (secondary N) is 1. The molecule has 9 heteroatoms. The number of aromatic nitrogens is 2. The topological polar surface area (TPSA) is 107 Å². The summed E-state index contributed by atoms with van der Waals surface area (Å²) in [6, 6.07) is 11.7. The predicted molar refractivity (Wildman–Crippen MR) is 133 cm³/mol. The van der Waals surface area contributed by atoms with Gasteiger partial charge in [0.25, 0.3) is 15.9 Å². The Kier molecular flexibility index (Phi) is 8.01. The van der Waals surface area contributed by atoms with Crippen LogP contribution in [0.5, 0.6) is 11.6 Å². The van der Waals surface area contributed by atoms with Crippen LogP contribution >= 0.6 is 0 Å². The Morgan fingerprint density at radius 1 is 1.03 bits per heavy atom. The van der Waals surface area contributed by atoms with Gasteiger partial charge >= 0.3 is 0 Å². The quantitative estimate of drug-likeness (QED) is 0.436. The smallest absolute Gasteiger partial charge is 0.281 e. The number of rotatable bonds is 9. The van der Waals surface area contributed by atoms with E-state index in [4.69, 9.17) is 9.47 Å². The summed E-state index contributed by atoms with van der Waals surface area (Å²) >= 11 is 0. The summed E-state index contributed by atoms with van der Waals surface area (Å²) in [4.78, 5) is 21.6. The second-order valence-corrected chi connectivity index (χ2v) is 9.76. The van der Waals surface area contributed by atoms with Crippen LogP contribution in [0.3, 0.4) is 0 Å². The van der Waals surface area contributed by atoms with Gasteiger partial charge in [-0.25, -0.2) is 14.7 Å². The van der Waals surface area contributed by atoms with Crippen LogP contribution in [0.25, 0.3) is 0 Å². The van der Waals surface area contributed by atoms with Gasteiger partial charge in [-0.3, -0.25) is 4.79 Å². The first-order valence-electron chi connectivity index (χ1n) is 10.9. The molecular weight excluding hydrogens is 454 g/mol. The summed E-state index contributed by atoms with van der Waals surface area (Å²) in [6.45, 7) is 8.04. The predicted octanol–water partition coefficient (Wildman–Crippen LogP) is 4.69. The molecule has 0 atom stereocenters. The molecule has 0 radical (unpaired) electrons. The third kappa shape index (κ3) is 6.18. The lowest BCUT2D eigenvalue weighted by Crippen LogP contribution is -2.31. The molecule has 2 heterocycles. The van der Waals surface area contributed by atoms with Crippen molar-refractivity contribution >= 4 is 15.9 Å². The summed E-state index contributed by atoms with van der Waals surface area (Å²) in [7, 11) is -2.55. The van der Waals surface area contributed by atoms with Gasteiger partial charge in [0.15, 0.2) is 5.03 Å². The third-order valence-electron chi connectivity index (χ3n) is 5.11. The van der Waals surface area contributed by atoms with Crippen LogP contribution in [-0.4, -0.2) is 38.0 Å². The van der Waals surface area contributed by atoms with Crippen LogP contribution in [0.2, 0.25) is 0 Å². The molecule has 1 aromatic carbocycles. The van der Waals surface area contributed by atoms with Gasteiger partial charge in [0.2, 0.25) is 5.88 Å². The second-order valence-electron chi connectivity index (χ2n) is 8.13. The van der Waals surface area contributed by atoms with Crippen molar-refractivity contribution in [1.82, 2.24) is 14.7 Å². The maximum Gasteiger partial charge on any atom is 0.281 e. The molecule has 3 aromatic rings. The molecule has 0 spiro atoms. The highest BCUT2D eigenvalue weighted by atomic mass is 32.2. The van der Waals surface area contributed by atoms with Crippen molar-refractivity contribution in [2.45, 2.75) is 45.6 Å². The molecule has 0 saturated carbocycles. The number of hydrogen-bond acceptors (Lipinski definition) is 7. The molecule has 1 N–H and O–H groups in total. The van der Waals surface area contributed by atoms with Crippen molar-refractivity contribution in [3.8, 4) is 11.6 Å². The van der Waals surface area contributed by atoms with Crippen molar-refractivity contribution in [2.75, 3.05) is 13.7 Å². The Labute approximate surface area is 203 Å². The highest BCUT2D eigenvalue weighted by Gasteiger charge is 2.24. The number of aryl methyl sites for hydroxylation is 5. The molecule has 0 bridgehead atoms. The van der Waals surface area contributed by atoms with Gasteiger partial charge in [0.05, 0.1) is 0 Å². The molecule has 8 nitrogen and oxygen atoms in total. The van der Waals surface area contributed by atoms with Crippen molar-refractivity contribution in [2.24, 2.45) is 0 Å². The van der Waals surface area contributed by atoms with Crippen LogP contribution in [0.15, 0.2) is 47.5 Å². The maximum atomic E-state index is 13.1.